The molecule has 1 fully saturated rings. The van der Waals surface area contributed by atoms with Crippen LogP contribution in [0.4, 0.5) is 11.4 Å². The molecular weight excluding hydrogens is 304 g/mol. The molecule has 1 amide bonds. The quantitative estimate of drug-likeness (QED) is 0.932. The summed E-state index contributed by atoms with van der Waals surface area (Å²) >= 11 is 0. The lowest BCUT2D eigenvalue weighted by Crippen LogP contribution is -2.44. The third-order valence-corrected chi connectivity index (χ3v) is 4.20. The van der Waals surface area contributed by atoms with E-state index in [4.69, 9.17) is 4.74 Å². The highest BCUT2D eigenvalue weighted by Crippen LogP contribution is 2.24. The maximum atomic E-state index is 12.5. The van der Waals surface area contributed by atoms with Crippen LogP contribution in [-0.2, 0) is 0 Å². The second-order valence-corrected chi connectivity index (χ2v) is 5.84. The van der Waals surface area contributed by atoms with Crippen LogP contribution in [0.25, 0.3) is 0 Å². The molecule has 0 unspecified atom stereocenters. The van der Waals surface area contributed by atoms with Gasteiger partial charge in [0.1, 0.15) is 11.4 Å². The van der Waals surface area contributed by atoms with Crippen LogP contribution in [0.2, 0.25) is 0 Å². The first-order valence-corrected chi connectivity index (χ1v) is 8.01. The van der Waals surface area contributed by atoms with E-state index in [0.29, 0.717) is 17.1 Å². The number of para-hydroxylation sites is 2. The van der Waals surface area contributed by atoms with Crippen LogP contribution in [0.1, 0.15) is 10.5 Å². The molecule has 0 spiro atoms. The van der Waals surface area contributed by atoms with Crippen LogP contribution in [-0.4, -0.2) is 56.1 Å². The third-order valence-electron chi connectivity index (χ3n) is 4.20. The number of anilines is 2. The van der Waals surface area contributed by atoms with Gasteiger partial charge in [-0.25, -0.2) is 0 Å². The zero-order valence-corrected chi connectivity index (χ0v) is 14.0. The summed E-state index contributed by atoms with van der Waals surface area (Å²) < 4.78 is 5.26. The number of pyridine rings is 1. The molecule has 1 aliphatic rings. The molecule has 2 aromatic rings. The second kappa shape index (κ2) is 7.31. The van der Waals surface area contributed by atoms with E-state index >= 15 is 0 Å². The smallest absolute Gasteiger partial charge is 0.274 e. The largest absolute Gasteiger partial charge is 0.495 e. The monoisotopic (exact) mass is 326 g/mol. The number of ether oxygens (including phenoxy) is 1. The number of aromatic nitrogens is 1. The highest BCUT2D eigenvalue weighted by molar-refractivity contribution is 6.04. The van der Waals surface area contributed by atoms with Gasteiger partial charge in [0, 0.05) is 38.1 Å². The van der Waals surface area contributed by atoms with Crippen molar-refractivity contribution in [3.63, 3.8) is 0 Å². The number of benzene rings is 1. The van der Waals surface area contributed by atoms with E-state index in [9.17, 15) is 4.79 Å². The topological polar surface area (TPSA) is 57.7 Å². The minimum Gasteiger partial charge on any atom is -0.495 e. The summed E-state index contributed by atoms with van der Waals surface area (Å²) in [5, 5.41) is 2.86. The van der Waals surface area contributed by atoms with Gasteiger partial charge in [0.2, 0.25) is 0 Å². The Kier molecular flexibility index (Phi) is 4.96. The molecule has 1 saturated heterocycles. The standard InChI is InChI=1S/C18H22N4O2/c1-21-9-11-22(12-10-21)14-7-8-19-16(13-14)18(23)20-15-5-3-4-6-17(15)24-2/h3-8,13H,9-12H2,1-2H3,(H,20,23). The molecule has 6 nitrogen and oxygen atoms in total. The van der Waals surface area contributed by atoms with Crippen molar-refractivity contribution in [2.24, 2.45) is 0 Å². The Morgan fingerprint density at radius 2 is 1.92 bits per heavy atom. The Bertz CT molecular complexity index is 712. The number of nitrogens with zero attached hydrogens (tertiary/aromatic N) is 3. The molecule has 1 aromatic carbocycles. The van der Waals surface area contributed by atoms with Gasteiger partial charge >= 0.3 is 0 Å². The molecule has 24 heavy (non-hydrogen) atoms. The molecule has 1 aromatic heterocycles. The third kappa shape index (κ3) is 3.65. The van der Waals surface area contributed by atoms with E-state index in [1.165, 1.54) is 0 Å². The summed E-state index contributed by atoms with van der Waals surface area (Å²) in [4.78, 5) is 21.3. The van der Waals surface area contributed by atoms with Crippen LogP contribution in [0.15, 0.2) is 42.6 Å². The van der Waals surface area contributed by atoms with Gasteiger partial charge in [-0.3, -0.25) is 9.78 Å². The van der Waals surface area contributed by atoms with E-state index < -0.39 is 0 Å². The van der Waals surface area contributed by atoms with Gasteiger partial charge < -0.3 is 19.9 Å². The fourth-order valence-corrected chi connectivity index (χ4v) is 2.74. The van der Waals surface area contributed by atoms with Crippen molar-refractivity contribution in [1.82, 2.24) is 9.88 Å². The molecule has 2 heterocycles. The van der Waals surface area contributed by atoms with Crippen molar-refractivity contribution in [1.29, 1.82) is 0 Å². The number of amides is 1. The van der Waals surface area contributed by atoms with Crippen LogP contribution in [0.3, 0.4) is 0 Å². The number of hydrogen-bond donors (Lipinski definition) is 1. The fraction of sp³-hybridized carbons (Fsp3) is 0.333. The lowest BCUT2D eigenvalue weighted by atomic mass is 10.2. The van der Waals surface area contributed by atoms with Gasteiger partial charge in [-0.05, 0) is 31.3 Å². The second-order valence-electron chi connectivity index (χ2n) is 5.84. The molecule has 0 atom stereocenters. The van der Waals surface area contributed by atoms with Crippen LogP contribution >= 0.6 is 0 Å². The minimum atomic E-state index is -0.240. The Morgan fingerprint density at radius 1 is 1.17 bits per heavy atom. The molecule has 0 bridgehead atoms. The van der Waals surface area contributed by atoms with E-state index in [-0.39, 0.29) is 5.91 Å². The summed E-state index contributed by atoms with van der Waals surface area (Å²) in [5.41, 5.74) is 2.07. The first kappa shape index (κ1) is 16.3. The number of carbonyl (C=O) groups excluding carboxylic acids is 1. The molecule has 126 valence electrons. The Labute approximate surface area is 142 Å². The van der Waals surface area contributed by atoms with Crippen molar-refractivity contribution in [3.8, 4) is 5.75 Å². The lowest BCUT2D eigenvalue weighted by molar-refractivity contribution is 0.102. The number of nitrogens with one attached hydrogen (secondary N) is 1. The first-order valence-electron chi connectivity index (χ1n) is 8.01. The van der Waals surface area contributed by atoms with E-state index in [1.807, 2.05) is 30.3 Å². The molecule has 1 aliphatic heterocycles. The molecule has 0 aliphatic carbocycles. The van der Waals surface area contributed by atoms with Gasteiger partial charge in [-0.2, -0.15) is 0 Å². The van der Waals surface area contributed by atoms with Gasteiger partial charge in [0.05, 0.1) is 12.8 Å². The average molecular weight is 326 g/mol. The number of piperazine rings is 1. The number of rotatable bonds is 4. The number of methoxy groups -OCH3 is 1. The Hall–Kier alpha value is -2.60. The maximum Gasteiger partial charge on any atom is 0.274 e. The van der Waals surface area contributed by atoms with Gasteiger partial charge in [0.25, 0.3) is 5.91 Å². The zero-order valence-electron chi connectivity index (χ0n) is 14.0. The highest BCUT2D eigenvalue weighted by Gasteiger charge is 2.17. The van der Waals surface area contributed by atoms with E-state index in [2.05, 4.69) is 27.1 Å². The SMILES string of the molecule is COc1ccccc1NC(=O)c1cc(N2CCN(C)CC2)ccn1. The van der Waals surface area contributed by atoms with Crippen molar-refractivity contribution < 1.29 is 9.53 Å². The summed E-state index contributed by atoms with van der Waals surface area (Å²) in [6, 6.07) is 11.1. The minimum absolute atomic E-state index is 0.240. The normalized spacial score (nSPS) is 15.2. The predicted molar refractivity (Wildman–Crippen MR) is 94.9 cm³/mol. The zero-order chi connectivity index (χ0) is 16.9. The fourth-order valence-electron chi connectivity index (χ4n) is 2.74. The Morgan fingerprint density at radius 3 is 2.67 bits per heavy atom. The number of hydrogen-bond acceptors (Lipinski definition) is 5. The Balaban J connectivity index is 1.75. The van der Waals surface area contributed by atoms with Crippen LogP contribution in [0, 0.1) is 0 Å². The first-order chi connectivity index (χ1) is 11.7. The molecule has 0 saturated carbocycles. The summed E-state index contributed by atoms with van der Waals surface area (Å²) in [6.07, 6.45) is 1.69. The van der Waals surface area contributed by atoms with Crippen LogP contribution in [0.5, 0.6) is 5.75 Å². The average Bonchev–Trinajstić information content (AvgIpc) is 2.63. The van der Waals surface area contributed by atoms with Gasteiger partial charge in [-0.1, -0.05) is 12.1 Å². The van der Waals surface area contributed by atoms with E-state index in [1.54, 1.807) is 19.4 Å². The van der Waals surface area contributed by atoms with Crippen molar-refractivity contribution in [3.05, 3.63) is 48.3 Å². The van der Waals surface area contributed by atoms with Crippen molar-refractivity contribution >= 4 is 17.3 Å². The van der Waals surface area contributed by atoms with E-state index in [0.717, 1.165) is 31.9 Å². The predicted octanol–water partition coefficient (Wildman–Crippen LogP) is 2.09. The van der Waals surface area contributed by atoms with Crippen molar-refractivity contribution in [2.45, 2.75) is 0 Å². The lowest BCUT2D eigenvalue weighted by Gasteiger charge is -2.34. The molecule has 0 radical (unpaired) electrons. The maximum absolute atomic E-state index is 12.5. The highest BCUT2D eigenvalue weighted by atomic mass is 16.5. The van der Waals surface area contributed by atoms with Crippen LogP contribution < -0.4 is 15.0 Å². The molecule has 6 heteroatoms. The molecule has 3 rings (SSSR count). The molecule has 1 N–H and O–H groups in total. The van der Waals surface area contributed by atoms with Gasteiger partial charge in [0.15, 0.2) is 0 Å². The van der Waals surface area contributed by atoms with Crippen molar-refractivity contribution in [2.75, 3.05) is 50.6 Å². The summed E-state index contributed by atoms with van der Waals surface area (Å²) in [6.45, 7) is 3.94. The van der Waals surface area contributed by atoms with Gasteiger partial charge in [-0.15, -0.1) is 0 Å². The number of carbonyl (C=O) groups is 1. The summed E-state index contributed by atoms with van der Waals surface area (Å²) in [7, 11) is 3.70. The summed E-state index contributed by atoms with van der Waals surface area (Å²) in [5.74, 6) is 0.386. The molecular formula is C18H22N4O2. The number of likely N-dealkylation sites (N-methyl/N-ethyl adjacent to an activating group) is 1.